The zero-order valence-corrected chi connectivity index (χ0v) is 14.4. The molecule has 1 heterocycles. The van der Waals surface area contributed by atoms with E-state index in [1.807, 2.05) is 19.0 Å². The summed E-state index contributed by atoms with van der Waals surface area (Å²) in [7, 11) is 0.379. The molecule has 0 saturated carbocycles. The molecule has 8 nitrogen and oxygen atoms in total. The number of halogens is 1. The molecule has 1 aromatic heterocycles. The van der Waals surface area contributed by atoms with Gasteiger partial charge in [-0.1, -0.05) is 0 Å². The lowest BCUT2D eigenvalue weighted by atomic mass is 10.4. The largest absolute Gasteiger partial charge is 0.383 e. The van der Waals surface area contributed by atoms with E-state index in [1.165, 1.54) is 10.9 Å². The first-order valence-corrected chi connectivity index (χ1v) is 8.86. The standard InChI is InChI=1S/C11H20BrN5O3S/c1-16(2)5-6-17-11(18)10(12)9(8-15-17)14-4-3-7-21(13,19)20/h8,14H,3-7H2,1-2H3,(H2,13,19,20). The van der Waals surface area contributed by atoms with Gasteiger partial charge in [-0.15, -0.1) is 0 Å². The highest BCUT2D eigenvalue weighted by Crippen LogP contribution is 2.15. The molecular formula is C11H20BrN5O3S. The predicted octanol–water partition coefficient (Wildman–Crippen LogP) is -0.342. The average Bonchev–Trinajstić information content (AvgIpc) is 2.37. The van der Waals surface area contributed by atoms with Crippen molar-refractivity contribution in [2.24, 2.45) is 5.14 Å². The summed E-state index contributed by atoms with van der Waals surface area (Å²) >= 11 is 3.24. The number of nitrogens with zero attached hydrogens (tertiary/aromatic N) is 3. The highest BCUT2D eigenvalue weighted by Gasteiger charge is 2.09. The van der Waals surface area contributed by atoms with Gasteiger partial charge >= 0.3 is 0 Å². The van der Waals surface area contributed by atoms with Crippen molar-refractivity contribution in [2.45, 2.75) is 13.0 Å². The van der Waals surface area contributed by atoms with Crippen molar-refractivity contribution in [3.05, 3.63) is 21.0 Å². The molecule has 0 aliphatic rings. The molecule has 0 atom stereocenters. The van der Waals surface area contributed by atoms with Crippen LogP contribution in [0.2, 0.25) is 0 Å². The Morgan fingerprint density at radius 1 is 1.48 bits per heavy atom. The fraction of sp³-hybridized carbons (Fsp3) is 0.636. The van der Waals surface area contributed by atoms with Gasteiger partial charge in [0, 0.05) is 13.1 Å². The van der Waals surface area contributed by atoms with Crippen LogP contribution in [-0.4, -0.2) is 56.0 Å². The molecule has 3 N–H and O–H groups in total. The van der Waals surface area contributed by atoms with Crippen LogP contribution in [0, 0.1) is 0 Å². The number of sulfonamides is 1. The Labute approximate surface area is 132 Å². The molecule has 0 aliphatic carbocycles. The van der Waals surface area contributed by atoms with Crippen LogP contribution in [0.3, 0.4) is 0 Å². The van der Waals surface area contributed by atoms with Gasteiger partial charge in [-0.3, -0.25) is 4.79 Å². The Hall–Kier alpha value is -0.970. The summed E-state index contributed by atoms with van der Waals surface area (Å²) in [5, 5.41) is 12.0. The third-order valence-electron chi connectivity index (χ3n) is 2.66. The summed E-state index contributed by atoms with van der Waals surface area (Å²) in [4.78, 5) is 14.0. The summed E-state index contributed by atoms with van der Waals surface area (Å²) in [5.74, 6) is -0.106. The molecule has 0 aromatic carbocycles. The molecule has 0 fully saturated rings. The van der Waals surface area contributed by atoms with Crippen LogP contribution in [0.1, 0.15) is 6.42 Å². The second-order valence-corrected chi connectivity index (χ2v) is 7.38. The highest BCUT2D eigenvalue weighted by atomic mass is 79.9. The smallest absolute Gasteiger partial charge is 0.283 e. The maximum absolute atomic E-state index is 12.1. The van der Waals surface area contributed by atoms with Crippen molar-refractivity contribution in [1.82, 2.24) is 14.7 Å². The molecule has 21 heavy (non-hydrogen) atoms. The molecular weight excluding hydrogens is 362 g/mol. The number of primary sulfonamides is 1. The molecule has 0 aliphatic heterocycles. The summed E-state index contributed by atoms with van der Waals surface area (Å²) in [6, 6.07) is 0. The molecule has 1 aromatic rings. The van der Waals surface area contributed by atoms with E-state index >= 15 is 0 Å². The third-order valence-corrected chi connectivity index (χ3v) is 4.29. The maximum atomic E-state index is 12.1. The summed E-state index contributed by atoms with van der Waals surface area (Å²) in [6.45, 7) is 1.59. The van der Waals surface area contributed by atoms with Crippen LogP contribution in [0.25, 0.3) is 0 Å². The van der Waals surface area contributed by atoms with Crippen molar-refractivity contribution in [3.8, 4) is 0 Å². The van der Waals surface area contributed by atoms with Crippen molar-refractivity contribution >= 4 is 31.6 Å². The second-order valence-electron chi connectivity index (χ2n) is 4.85. The normalized spacial score (nSPS) is 11.9. The molecule has 10 heteroatoms. The molecule has 0 spiro atoms. The predicted molar refractivity (Wildman–Crippen MR) is 85.8 cm³/mol. The van der Waals surface area contributed by atoms with Gasteiger partial charge in [0.05, 0.1) is 24.2 Å². The van der Waals surface area contributed by atoms with Gasteiger partial charge in [0.25, 0.3) is 5.56 Å². The number of nitrogens with two attached hydrogens (primary N) is 1. The van der Waals surface area contributed by atoms with E-state index in [4.69, 9.17) is 5.14 Å². The lowest BCUT2D eigenvalue weighted by Gasteiger charge is -2.12. The molecule has 0 bridgehead atoms. The Morgan fingerprint density at radius 2 is 2.14 bits per heavy atom. The minimum atomic E-state index is -3.46. The van der Waals surface area contributed by atoms with E-state index in [2.05, 4.69) is 26.3 Å². The van der Waals surface area contributed by atoms with Crippen LogP contribution in [0.15, 0.2) is 15.5 Å². The number of rotatable bonds is 8. The number of hydrogen-bond donors (Lipinski definition) is 2. The number of nitrogens with one attached hydrogen (secondary N) is 1. The molecule has 0 saturated heterocycles. The Bertz CT molecular complexity index is 629. The van der Waals surface area contributed by atoms with E-state index in [1.54, 1.807) is 0 Å². The van der Waals surface area contributed by atoms with E-state index in [9.17, 15) is 13.2 Å². The van der Waals surface area contributed by atoms with Crippen molar-refractivity contribution in [3.63, 3.8) is 0 Å². The van der Waals surface area contributed by atoms with E-state index < -0.39 is 10.0 Å². The SMILES string of the molecule is CN(C)CCn1ncc(NCCCS(N)(=O)=O)c(Br)c1=O. The van der Waals surface area contributed by atoms with Crippen LogP contribution < -0.4 is 16.0 Å². The van der Waals surface area contributed by atoms with Gasteiger partial charge in [-0.2, -0.15) is 5.10 Å². The fourth-order valence-corrected chi connectivity index (χ4v) is 2.53. The van der Waals surface area contributed by atoms with Gasteiger partial charge in [-0.05, 0) is 36.4 Å². The lowest BCUT2D eigenvalue weighted by Crippen LogP contribution is -2.29. The summed E-state index contributed by atoms with van der Waals surface area (Å²) < 4.78 is 23.4. The first-order chi connectivity index (χ1) is 9.70. The Kier molecular flexibility index (Phi) is 6.78. The minimum absolute atomic E-state index is 0.106. The maximum Gasteiger partial charge on any atom is 0.283 e. The van der Waals surface area contributed by atoms with Crippen LogP contribution >= 0.6 is 15.9 Å². The van der Waals surface area contributed by atoms with Crippen LogP contribution in [0.4, 0.5) is 5.69 Å². The summed E-state index contributed by atoms with van der Waals surface area (Å²) in [5.41, 5.74) is 0.309. The van der Waals surface area contributed by atoms with Gasteiger partial charge < -0.3 is 10.2 Å². The lowest BCUT2D eigenvalue weighted by molar-refractivity contribution is 0.367. The Balaban J connectivity index is 2.65. The number of likely N-dealkylation sites (N-methyl/N-ethyl adjacent to an activating group) is 1. The van der Waals surface area contributed by atoms with Gasteiger partial charge in [0.2, 0.25) is 10.0 Å². The first kappa shape index (κ1) is 18.1. The number of hydrogen-bond acceptors (Lipinski definition) is 6. The Morgan fingerprint density at radius 3 is 2.71 bits per heavy atom. The fourth-order valence-electron chi connectivity index (χ4n) is 1.54. The zero-order chi connectivity index (χ0) is 16.0. The van der Waals surface area contributed by atoms with E-state index in [-0.39, 0.29) is 11.3 Å². The quantitative estimate of drug-likeness (QED) is 0.595. The monoisotopic (exact) mass is 381 g/mol. The van der Waals surface area contributed by atoms with E-state index in [0.717, 1.165) is 0 Å². The van der Waals surface area contributed by atoms with Crippen molar-refractivity contribution in [2.75, 3.05) is 38.3 Å². The number of anilines is 1. The zero-order valence-electron chi connectivity index (χ0n) is 12.0. The topological polar surface area (TPSA) is 110 Å². The molecule has 0 amide bonds. The van der Waals surface area contributed by atoms with Crippen molar-refractivity contribution in [1.29, 1.82) is 0 Å². The first-order valence-electron chi connectivity index (χ1n) is 6.35. The highest BCUT2D eigenvalue weighted by molar-refractivity contribution is 9.10. The minimum Gasteiger partial charge on any atom is -0.383 e. The van der Waals surface area contributed by atoms with Crippen LogP contribution in [0.5, 0.6) is 0 Å². The third kappa shape index (κ3) is 6.55. The second kappa shape index (κ2) is 7.87. The average molecular weight is 382 g/mol. The van der Waals surface area contributed by atoms with Gasteiger partial charge in [0.1, 0.15) is 4.47 Å². The molecule has 1 rings (SSSR count). The van der Waals surface area contributed by atoms with E-state index in [0.29, 0.717) is 36.2 Å². The van der Waals surface area contributed by atoms with Crippen molar-refractivity contribution < 1.29 is 8.42 Å². The molecule has 0 radical (unpaired) electrons. The number of aromatic nitrogens is 2. The van der Waals surface area contributed by atoms with Gasteiger partial charge in [0.15, 0.2) is 0 Å². The van der Waals surface area contributed by atoms with Crippen LogP contribution in [-0.2, 0) is 16.6 Å². The molecule has 120 valence electrons. The summed E-state index contributed by atoms with van der Waals surface area (Å²) in [6.07, 6.45) is 1.90. The van der Waals surface area contributed by atoms with Gasteiger partial charge in [-0.25, -0.2) is 18.2 Å². The molecule has 0 unspecified atom stereocenters.